The summed E-state index contributed by atoms with van der Waals surface area (Å²) in [5.41, 5.74) is 1.22. The Morgan fingerprint density at radius 2 is 2.13 bits per heavy atom. The van der Waals surface area contributed by atoms with Crippen molar-refractivity contribution in [1.29, 1.82) is 0 Å². The molecule has 1 aliphatic heterocycles. The molecule has 23 heavy (non-hydrogen) atoms. The van der Waals surface area contributed by atoms with Gasteiger partial charge in [0, 0.05) is 52.2 Å². The Balaban J connectivity index is 1.73. The normalized spacial score (nSPS) is 17.1. The Labute approximate surface area is 138 Å². The van der Waals surface area contributed by atoms with E-state index in [9.17, 15) is 4.79 Å². The molecule has 7 heteroatoms. The molecule has 1 saturated heterocycles. The minimum Gasteiger partial charge on any atom is -0.358 e. The SMILES string of the molecule is CN=C(NCc1cccn1C)NC1CCN(CC(=O)NC)CC1. The summed E-state index contributed by atoms with van der Waals surface area (Å²) in [6.07, 6.45) is 4.07. The third kappa shape index (κ3) is 5.28. The fraction of sp³-hybridized carbons (Fsp3) is 0.625. The third-order valence-corrected chi connectivity index (χ3v) is 4.29. The first-order chi connectivity index (χ1) is 11.1. The van der Waals surface area contributed by atoms with Crippen LogP contribution >= 0.6 is 0 Å². The number of rotatable bonds is 5. The maximum absolute atomic E-state index is 11.4. The lowest BCUT2D eigenvalue weighted by Gasteiger charge is -2.32. The van der Waals surface area contributed by atoms with Crippen molar-refractivity contribution in [3.05, 3.63) is 24.0 Å². The highest BCUT2D eigenvalue weighted by atomic mass is 16.1. The van der Waals surface area contributed by atoms with Crippen LogP contribution in [-0.4, -0.2) is 61.1 Å². The van der Waals surface area contributed by atoms with Crippen LogP contribution in [0.1, 0.15) is 18.5 Å². The summed E-state index contributed by atoms with van der Waals surface area (Å²) < 4.78 is 2.09. The van der Waals surface area contributed by atoms with Gasteiger partial charge in [-0.15, -0.1) is 0 Å². The van der Waals surface area contributed by atoms with Crippen LogP contribution in [-0.2, 0) is 18.4 Å². The largest absolute Gasteiger partial charge is 0.358 e. The van der Waals surface area contributed by atoms with Crippen molar-refractivity contribution in [1.82, 2.24) is 25.4 Å². The number of hydrogen-bond donors (Lipinski definition) is 3. The van der Waals surface area contributed by atoms with Crippen LogP contribution in [0.15, 0.2) is 23.3 Å². The first-order valence-corrected chi connectivity index (χ1v) is 8.12. The van der Waals surface area contributed by atoms with E-state index in [1.54, 1.807) is 14.1 Å². The van der Waals surface area contributed by atoms with Crippen LogP contribution in [0.25, 0.3) is 0 Å². The van der Waals surface area contributed by atoms with Gasteiger partial charge < -0.3 is 20.5 Å². The van der Waals surface area contributed by atoms with E-state index < -0.39 is 0 Å². The first kappa shape index (κ1) is 17.3. The van der Waals surface area contributed by atoms with Crippen molar-refractivity contribution in [3.8, 4) is 0 Å². The topological polar surface area (TPSA) is 73.7 Å². The Morgan fingerprint density at radius 3 is 2.70 bits per heavy atom. The summed E-state index contributed by atoms with van der Waals surface area (Å²) in [4.78, 5) is 17.9. The molecule has 0 radical (unpaired) electrons. The highest BCUT2D eigenvalue weighted by Gasteiger charge is 2.21. The quantitative estimate of drug-likeness (QED) is 0.523. The molecule has 3 N–H and O–H groups in total. The Morgan fingerprint density at radius 1 is 1.39 bits per heavy atom. The number of amides is 1. The molecule has 1 fully saturated rings. The number of aryl methyl sites for hydroxylation is 1. The van der Waals surface area contributed by atoms with Crippen molar-refractivity contribution in [2.45, 2.75) is 25.4 Å². The molecular weight excluding hydrogens is 292 g/mol. The molecule has 128 valence electrons. The van der Waals surface area contributed by atoms with E-state index in [2.05, 4.69) is 36.5 Å². The predicted octanol–water partition coefficient (Wildman–Crippen LogP) is -0.0995. The number of likely N-dealkylation sites (tertiary alicyclic amines) is 1. The van der Waals surface area contributed by atoms with Gasteiger partial charge in [0.1, 0.15) is 0 Å². The zero-order valence-corrected chi connectivity index (χ0v) is 14.3. The van der Waals surface area contributed by atoms with Crippen molar-refractivity contribution in [3.63, 3.8) is 0 Å². The number of carbonyl (C=O) groups excluding carboxylic acids is 1. The maximum atomic E-state index is 11.4. The monoisotopic (exact) mass is 320 g/mol. The van der Waals surface area contributed by atoms with Gasteiger partial charge in [0.2, 0.25) is 5.91 Å². The number of piperidine rings is 1. The fourth-order valence-electron chi connectivity index (χ4n) is 2.76. The summed E-state index contributed by atoms with van der Waals surface area (Å²) in [6.45, 7) is 3.10. The second-order valence-corrected chi connectivity index (χ2v) is 5.90. The molecule has 0 spiro atoms. The number of hydrogen-bond acceptors (Lipinski definition) is 3. The molecule has 2 rings (SSSR count). The minimum atomic E-state index is 0.0800. The average molecular weight is 320 g/mol. The number of guanidine groups is 1. The summed E-state index contributed by atoms with van der Waals surface area (Å²) in [7, 11) is 5.51. The Hall–Kier alpha value is -2.02. The van der Waals surface area contributed by atoms with E-state index in [0.29, 0.717) is 12.6 Å². The number of nitrogens with zero attached hydrogens (tertiary/aromatic N) is 3. The molecule has 2 heterocycles. The van der Waals surface area contributed by atoms with Crippen LogP contribution in [0.4, 0.5) is 0 Å². The molecule has 1 aromatic heterocycles. The lowest BCUT2D eigenvalue weighted by molar-refractivity contribution is -0.122. The molecule has 1 aliphatic rings. The van der Waals surface area contributed by atoms with Gasteiger partial charge in [-0.05, 0) is 25.0 Å². The lowest BCUT2D eigenvalue weighted by atomic mass is 10.1. The average Bonchev–Trinajstić information content (AvgIpc) is 2.98. The second-order valence-electron chi connectivity index (χ2n) is 5.90. The lowest BCUT2D eigenvalue weighted by Crippen LogP contribution is -2.49. The van der Waals surface area contributed by atoms with E-state index >= 15 is 0 Å². The predicted molar refractivity (Wildman–Crippen MR) is 92.3 cm³/mol. The van der Waals surface area contributed by atoms with Gasteiger partial charge in [-0.25, -0.2) is 0 Å². The second kappa shape index (κ2) is 8.57. The van der Waals surface area contributed by atoms with E-state index in [-0.39, 0.29) is 5.91 Å². The van der Waals surface area contributed by atoms with Gasteiger partial charge in [-0.2, -0.15) is 0 Å². The van der Waals surface area contributed by atoms with E-state index in [1.807, 2.05) is 19.3 Å². The summed E-state index contributed by atoms with van der Waals surface area (Å²) >= 11 is 0. The van der Waals surface area contributed by atoms with Crippen LogP contribution < -0.4 is 16.0 Å². The van der Waals surface area contributed by atoms with Crippen molar-refractivity contribution >= 4 is 11.9 Å². The third-order valence-electron chi connectivity index (χ3n) is 4.29. The minimum absolute atomic E-state index is 0.0800. The fourth-order valence-corrected chi connectivity index (χ4v) is 2.76. The van der Waals surface area contributed by atoms with Crippen molar-refractivity contribution in [2.24, 2.45) is 12.0 Å². The Kier molecular flexibility index (Phi) is 6.46. The van der Waals surface area contributed by atoms with E-state index in [0.717, 1.165) is 38.4 Å². The number of carbonyl (C=O) groups is 1. The number of likely N-dealkylation sites (N-methyl/N-ethyl adjacent to an activating group) is 1. The smallest absolute Gasteiger partial charge is 0.233 e. The number of nitrogens with one attached hydrogen (secondary N) is 3. The van der Waals surface area contributed by atoms with Gasteiger partial charge in [-0.3, -0.25) is 14.7 Å². The van der Waals surface area contributed by atoms with Crippen molar-refractivity contribution in [2.75, 3.05) is 33.7 Å². The molecule has 0 unspecified atom stereocenters. The molecule has 1 amide bonds. The van der Waals surface area contributed by atoms with Gasteiger partial charge in [0.05, 0.1) is 13.1 Å². The first-order valence-electron chi connectivity index (χ1n) is 8.12. The summed E-state index contributed by atoms with van der Waals surface area (Å²) in [5.74, 6) is 0.910. The van der Waals surface area contributed by atoms with Crippen LogP contribution in [0, 0.1) is 0 Å². The molecule has 1 aromatic rings. The summed E-state index contributed by atoms with van der Waals surface area (Å²) in [5, 5.41) is 9.50. The molecule has 0 atom stereocenters. The highest BCUT2D eigenvalue weighted by molar-refractivity contribution is 5.80. The van der Waals surface area contributed by atoms with Gasteiger partial charge in [0.15, 0.2) is 5.96 Å². The number of aromatic nitrogens is 1. The highest BCUT2D eigenvalue weighted by Crippen LogP contribution is 2.09. The number of aliphatic imine (C=N–C) groups is 1. The zero-order chi connectivity index (χ0) is 16.7. The van der Waals surface area contributed by atoms with Crippen molar-refractivity contribution < 1.29 is 4.79 Å². The van der Waals surface area contributed by atoms with Gasteiger partial charge >= 0.3 is 0 Å². The molecule has 0 bridgehead atoms. The van der Waals surface area contributed by atoms with Crippen LogP contribution in [0.5, 0.6) is 0 Å². The summed E-state index contributed by atoms with van der Waals surface area (Å²) in [6, 6.07) is 4.53. The van der Waals surface area contributed by atoms with Gasteiger partial charge in [0.25, 0.3) is 0 Å². The standard InChI is InChI=1S/C16H28N6O/c1-17-15(23)12-22-9-6-13(7-10-22)20-16(18-2)19-11-14-5-4-8-21(14)3/h4-5,8,13H,6-7,9-12H2,1-3H3,(H,17,23)(H2,18,19,20). The van der Waals surface area contributed by atoms with E-state index in [1.165, 1.54) is 5.69 Å². The molecule has 0 aliphatic carbocycles. The van der Waals surface area contributed by atoms with E-state index in [4.69, 9.17) is 0 Å². The molecule has 0 saturated carbocycles. The van der Waals surface area contributed by atoms with Crippen LogP contribution in [0.3, 0.4) is 0 Å². The zero-order valence-electron chi connectivity index (χ0n) is 14.3. The van der Waals surface area contributed by atoms with Crippen LogP contribution in [0.2, 0.25) is 0 Å². The molecular formula is C16H28N6O. The molecule has 0 aromatic carbocycles. The maximum Gasteiger partial charge on any atom is 0.233 e. The Bertz CT molecular complexity index is 530. The van der Waals surface area contributed by atoms with Gasteiger partial charge in [-0.1, -0.05) is 0 Å². The molecule has 7 nitrogen and oxygen atoms in total.